The molecule has 5 heteroatoms. The molecule has 2 aromatic rings. The number of anilines is 1. The highest BCUT2D eigenvalue weighted by Gasteiger charge is 2.17. The van der Waals surface area contributed by atoms with Gasteiger partial charge in [-0.2, -0.15) is 11.8 Å². The van der Waals surface area contributed by atoms with Crippen LogP contribution in [0, 0.1) is 5.92 Å². The first-order valence-corrected chi connectivity index (χ1v) is 8.18. The molecule has 0 bridgehead atoms. The number of rotatable bonds is 2. The summed E-state index contributed by atoms with van der Waals surface area (Å²) in [5.41, 5.74) is 8.18. The summed E-state index contributed by atoms with van der Waals surface area (Å²) in [5, 5.41) is 0. The molecule has 1 fully saturated rings. The van der Waals surface area contributed by atoms with Crippen molar-refractivity contribution in [3.63, 3.8) is 0 Å². The molecule has 1 saturated heterocycles. The Labute approximate surface area is 119 Å². The lowest BCUT2D eigenvalue weighted by Gasteiger charge is -2.22. The Bertz CT molecular complexity index is 561. The second-order valence-electron chi connectivity index (χ2n) is 4.77. The fourth-order valence-corrected chi connectivity index (χ4v) is 4.05. The van der Waals surface area contributed by atoms with E-state index in [1.54, 1.807) is 0 Å². The van der Waals surface area contributed by atoms with Crippen molar-refractivity contribution in [1.82, 2.24) is 9.55 Å². The van der Waals surface area contributed by atoms with Crippen LogP contribution in [0.5, 0.6) is 0 Å². The summed E-state index contributed by atoms with van der Waals surface area (Å²) < 4.78 is 3.22. The Balaban J connectivity index is 1.92. The Morgan fingerprint density at radius 1 is 1.39 bits per heavy atom. The van der Waals surface area contributed by atoms with E-state index in [4.69, 9.17) is 5.73 Å². The van der Waals surface area contributed by atoms with Gasteiger partial charge >= 0.3 is 0 Å². The summed E-state index contributed by atoms with van der Waals surface area (Å²) in [4.78, 5) is 4.44. The van der Waals surface area contributed by atoms with Crippen molar-refractivity contribution in [3.8, 4) is 0 Å². The van der Waals surface area contributed by atoms with Gasteiger partial charge in [-0.05, 0) is 48.5 Å². The summed E-state index contributed by atoms with van der Waals surface area (Å²) >= 11 is 5.53. The molecular formula is C13H16BrN3S. The number of nitrogens with zero attached hydrogens (tertiary/aromatic N) is 2. The smallest absolute Gasteiger partial charge is 0.201 e. The molecule has 3 rings (SSSR count). The molecule has 1 aliphatic rings. The molecule has 1 aromatic heterocycles. The minimum Gasteiger partial charge on any atom is -0.369 e. The highest BCUT2D eigenvalue weighted by Crippen LogP contribution is 2.28. The van der Waals surface area contributed by atoms with Gasteiger partial charge in [-0.3, -0.25) is 0 Å². The first-order valence-electron chi connectivity index (χ1n) is 6.23. The third-order valence-electron chi connectivity index (χ3n) is 3.52. The number of fused-ring (bicyclic) bond motifs is 1. The van der Waals surface area contributed by atoms with Crippen molar-refractivity contribution in [3.05, 3.63) is 22.7 Å². The average molecular weight is 326 g/mol. The van der Waals surface area contributed by atoms with Crippen LogP contribution >= 0.6 is 27.7 Å². The predicted octanol–water partition coefficient (Wildman–Crippen LogP) is 3.52. The van der Waals surface area contributed by atoms with Gasteiger partial charge in [-0.25, -0.2) is 4.98 Å². The number of hydrogen-bond acceptors (Lipinski definition) is 3. The van der Waals surface area contributed by atoms with Crippen LogP contribution < -0.4 is 5.73 Å². The zero-order valence-corrected chi connectivity index (χ0v) is 12.5. The van der Waals surface area contributed by atoms with E-state index < -0.39 is 0 Å². The Kier molecular flexibility index (Phi) is 3.52. The molecule has 2 N–H and O–H groups in total. The van der Waals surface area contributed by atoms with Crippen LogP contribution in [0.25, 0.3) is 11.0 Å². The SMILES string of the molecule is Nc1nc2cc(Br)ccc2n1CC1CCSCC1. The van der Waals surface area contributed by atoms with Gasteiger partial charge in [0.05, 0.1) is 11.0 Å². The number of aromatic nitrogens is 2. The number of thioether (sulfide) groups is 1. The van der Waals surface area contributed by atoms with Crippen LogP contribution in [-0.4, -0.2) is 21.1 Å². The lowest BCUT2D eigenvalue weighted by Crippen LogP contribution is -2.17. The molecule has 0 radical (unpaired) electrons. The van der Waals surface area contributed by atoms with E-state index in [1.807, 2.05) is 6.07 Å². The second-order valence-corrected chi connectivity index (χ2v) is 6.91. The Hall–Kier alpha value is -0.680. The van der Waals surface area contributed by atoms with Crippen LogP contribution in [0.4, 0.5) is 5.95 Å². The van der Waals surface area contributed by atoms with Gasteiger partial charge in [-0.1, -0.05) is 15.9 Å². The van der Waals surface area contributed by atoms with Crippen LogP contribution in [0.15, 0.2) is 22.7 Å². The van der Waals surface area contributed by atoms with Gasteiger partial charge in [0.25, 0.3) is 0 Å². The molecule has 0 atom stereocenters. The van der Waals surface area contributed by atoms with Crippen LogP contribution in [0.3, 0.4) is 0 Å². The van der Waals surface area contributed by atoms with Crippen LogP contribution in [-0.2, 0) is 6.54 Å². The maximum Gasteiger partial charge on any atom is 0.201 e. The molecular weight excluding hydrogens is 310 g/mol. The molecule has 0 unspecified atom stereocenters. The van der Waals surface area contributed by atoms with Gasteiger partial charge in [-0.15, -0.1) is 0 Å². The maximum atomic E-state index is 6.05. The van der Waals surface area contributed by atoms with Gasteiger partial charge in [0.1, 0.15) is 0 Å². The summed E-state index contributed by atoms with van der Waals surface area (Å²) in [6.07, 6.45) is 2.58. The summed E-state index contributed by atoms with van der Waals surface area (Å²) in [6.45, 7) is 1.00. The fourth-order valence-electron chi connectivity index (χ4n) is 2.50. The summed E-state index contributed by atoms with van der Waals surface area (Å²) in [6, 6.07) is 6.18. The van der Waals surface area contributed by atoms with E-state index in [0.29, 0.717) is 5.95 Å². The summed E-state index contributed by atoms with van der Waals surface area (Å²) in [7, 11) is 0. The average Bonchev–Trinajstić information content (AvgIpc) is 2.66. The van der Waals surface area contributed by atoms with Crippen LogP contribution in [0.2, 0.25) is 0 Å². The van der Waals surface area contributed by atoms with Gasteiger partial charge in [0, 0.05) is 11.0 Å². The van der Waals surface area contributed by atoms with Crippen molar-refractivity contribution >= 4 is 44.7 Å². The summed E-state index contributed by atoms with van der Waals surface area (Å²) in [5.74, 6) is 3.95. The Morgan fingerprint density at radius 3 is 2.94 bits per heavy atom. The zero-order chi connectivity index (χ0) is 12.5. The highest BCUT2D eigenvalue weighted by atomic mass is 79.9. The van der Waals surface area contributed by atoms with Crippen molar-refractivity contribution < 1.29 is 0 Å². The molecule has 0 aliphatic carbocycles. The van der Waals surface area contributed by atoms with Gasteiger partial charge < -0.3 is 10.3 Å². The predicted molar refractivity (Wildman–Crippen MR) is 81.9 cm³/mol. The lowest BCUT2D eigenvalue weighted by atomic mass is 10.0. The van der Waals surface area contributed by atoms with E-state index in [2.05, 4.69) is 49.4 Å². The standard InChI is InChI=1S/C13H16BrN3S/c14-10-1-2-12-11(7-10)16-13(15)17(12)8-9-3-5-18-6-4-9/h1-2,7,9H,3-6,8H2,(H2,15,16). The largest absolute Gasteiger partial charge is 0.369 e. The first-order chi connectivity index (χ1) is 8.74. The number of hydrogen-bond donors (Lipinski definition) is 1. The minimum absolute atomic E-state index is 0.640. The number of halogens is 1. The van der Waals surface area contributed by atoms with Crippen molar-refractivity contribution in [2.24, 2.45) is 5.92 Å². The zero-order valence-electron chi connectivity index (χ0n) is 10.1. The fraction of sp³-hybridized carbons (Fsp3) is 0.462. The molecule has 0 spiro atoms. The maximum absolute atomic E-state index is 6.05. The number of nitrogen functional groups attached to an aromatic ring is 1. The van der Waals surface area contributed by atoms with Crippen molar-refractivity contribution in [2.75, 3.05) is 17.2 Å². The Morgan fingerprint density at radius 2 is 2.17 bits per heavy atom. The number of nitrogens with two attached hydrogens (primary N) is 1. The third-order valence-corrected chi connectivity index (χ3v) is 5.06. The third kappa shape index (κ3) is 2.38. The number of imidazole rings is 1. The van der Waals surface area contributed by atoms with Gasteiger partial charge in [0.2, 0.25) is 5.95 Å². The molecule has 0 amide bonds. The highest BCUT2D eigenvalue weighted by molar-refractivity contribution is 9.10. The molecule has 0 saturated carbocycles. The van der Waals surface area contributed by atoms with E-state index in [-0.39, 0.29) is 0 Å². The molecule has 18 heavy (non-hydrogen) atoms. The normalized spacial score (nSPS) is 17.4. The molecule has 1 aromatic carbocycles. The number of benzene rings is 1. The van der Waals surface area contributed by atoms with Crippen LogP contribution in [0.1, 0.15) is 12.8 Å². The molecule has 1 aliphatic heterocycles. The molecule has 96 valence electrons. The lowest BCUT2D eigenvalue weighted by molar-refractivity contribution is 0.425. The van der Waals surface area contributed by atoms with E-state index in [9.17, 15) is 0 Å². The topological polar surface area (TPSA) is 43.8 Å². The minimum atomic E-state index is 0.640. The van der Waals surface area contributed by atoms with E-state index in [0.717, 1.165) is 28.0 Å². The molecule has 3 nitrogen and oxygen atoms in total. The van der Waals surface area contributed by atoms with Crippen molar-refractivity contribution in [2.45, 2.75) is 19.4 Å². The van der Waals surface area contributed by atoms with E-state index >= 15 is 0 Å². The second kappa shape index (κ2) is 5.13. The van der Waals surface area contributed by atoms with E-state index in [1.165, 1.54) is 24.3 Å². The molecule has 2 heterocycles. The van der Waals surface area contributed by atoms with Crippen molar-refractivity contribution in [1.29, 1.82) is 0 Å². The monoisotopic (exact) mass is 325 g/mol. The van der Waals surface area contributed by atoms with Gasteiger partial charge in [0.15, 0.2) is 0 Å². The first kappa shape index (κ1) is 12.4. The quantitative estimate of drug-likeness (QED) is 0.918.